The Morgan fingerprint density at radius 3 is 2.88 bits per heavy atom. The smallest absolute Gasteiger partial charge is 0.348 e. The number of benzene rings is 1. The van der Waals surface area contributed by atoms with Gasteiger partial charge in [0.1, 0.15) is 9.71 Å². The lowest BCUT2D eigenvalue weighted by Crippen LogP contribution is -2.21. The van der Waals surface area contributed by atoms with Crippen LogP contribution in [0.5, 0.6) is 0 Å². The first-order chi connectivity index (χ1) is 11.6. The summed E-state index contributed by atoms with van der Waals surface area (Å²) < 4.78 is 6.19. The van der Waals surface area contributed by atoms with E-state index in [4.69, 9.17) is 4.74 Å². The van der Waals surface area contributed by atoms with Crippen LogP contribution >= 0.6 is 11.3 Å². The van der Waals surface area contributed by atoms with Crippen molar-refractivity contribution in [2.24, 2.45) is 0 Å². The standard InChI is InChI=1S/C17H13N3O3S/c1-10-13-15(24-14(10)17(22)23-2)19-9-20(16(13)21)8-12-6-4-3-5-11(12)7-18/h3-6,9H,8H2,1-2H3. The number of carbonyl (C=O) groups is 1. The van der Waals surface area contributed by atoms with Crippen LogP contribution < -0.4 is 5.56 Å². The van der Waals surface area contributed by atoms with Gasteiger partial charge in [0.05, 0.1) is 37.0 Å². The molecule has 7 heteroatoms. The van der Waals surface area contributed by atoms with Gasteiger partial charge in [0.25, 0.3) is 5.56 Å². The van der Waals surface area contributed by atoms with E-state index in [-0.39, 0.29) is 12.1 Å². The number of methoxy groups -OCH3 is 1. The van der Waals surface area contributed by atoms with E-state index in [0.717, 1.165) is 16.9 Å². The van der Waals surface area contributed by atoms with E-state index >= 15 is 0 Å². The van der Waals surface area contributed by atoms with Crippen LogP contribution in [0.15, 0.2) is 35.4 Å². The zero-order chi connectivity index (χ0) is 17.3. The van der Waals surface area contributed by atoms with E-state index in [1.807, 2.05) is 6.07 Å². The Hall–Kier alpha value is -2.98. The van der Waals surface area contributed by atoms with Crippen LogP contribution in [-0.4, -0.2) is 22.6 Å². The highest BCUT2D eigenvalue weighted by Crippen LogP contribution is 2.27. The summed E-state index contributed by atoms with van der Waals surface area (Å²) in [7, 11) is 1.30. The van der Waals surface area contributed by atoms with Crippen molar-refractivity contribution < 1.29 is 9.53 Å². The van der Waals surface area contributed by atoms with Gasteiger partial charge in [-0.25, -0.2) is 9.78 Å². The van der Waals surface area contributed by atoms with Gasteiger partial charge in [-0.3, -0.25) is 9.36 Å². The first kappa shape index (κ1) is 15.9. The van der Waals surface area contributed by atoms with Gasteiger partial charge in [-0.2, -0.15) is 5.26 Å². The number of esters is 1. The van der Waals surface area contributed by atoms with Crippen molar-refractivity contribution >= 4 is 27.5 Å². The van der Waals surface area contributed by atoms with Gasteiger partial charge in [-0.1, -0.05) is 18.2 Å². The maximum absolute atomic E-state index is 12.8. The third-order valence-corrected chi connectivity index (χ3v) is 4.95. The highest BCUT2D eigenvalue weighted by atomic mass is 32.1. The van der Waals surface area contributed by atoms with Crippen molar-refractivity contribution in [2.75, 3.05) is 7.11 Å². The molecule has 0 aliphatic heterocycles. The second-order valence-electron chi connectivity index (χ2n) is 5.17. The number of thiophene rings is 1. The van der Waals surface area contributed by atoms with Gasteiger partial charge in [-0.05, 0) is 24.1 Å². The molecule has 0 spiro atoms. The molecule has 2 aromatic heterocycles. The Morgan fingerprint density at radius 2 is 2.17 bits per heavy atom. The van der Waals surface area contributed by atoms with E-state index in [0.29, 0.717) is 26.2 Å². The highest BCUT2D eigenvalue weighted by Gasteiger charge is 2.20. The summed E-state index contributed by atoms with van der Waals surface area (Å²) in [5, 5.41) is 9.58. The minimum Gasteiger partial charge on any atom is -0.465 e. The fourth-order valence-electron chi connectivity index (χ4n) is 2.51. The summed E-state index contributed by atoms with van der Waals surface area (Å²) in [5.41, 5.74) is 1.59. The molecule has 0 aliphatic rings. The first-order valence-electron chi connectivity index (χ1n) is 7.11. The van der Waals surface area contributed by atoms with Gasteiger partial charge in [0.2, 0.25) is 0 Å². The number of hydrogen-bond acceptors (Lipinski definition) is 6. The molecule has 0 N–H and O–H groups in total. The molecule has 6 nitrogen and oxygen atoms in total. The molecule has 0 fully saturated rings. The molecule has 0 aliphatic carbocycles. The van der Waals surface area contributed by atoms with Gasteiger partial charge in [0, 0.05) is 0 Å². The van der Waals surface area contributed by atoms with Crippen molar-refractivity contribution in [3.05, 3.63) is 62.5 Å². The Morgan fingerprint density at radius 1 is 1.42 bits per heavy atom. The molecule has 2 heterocycles. The van der Waals surface area contributed by atoms with Crippen molar-refractivity contribution in [1.29, 1.82) is 5.26 Å². The highest BCUT2D eigenvalue weighted by molar-refractivity contribution is 7.20. The van der Waals surface area contributed by atoms with Crippen LogP contribution in [0.3, 0.4) is 0 Å². The third kappa shape index (κ3) is 2.57. The van der Waals surface area contributed by atoms with Gasteiger partial charge < -0.3 is 4.74 Å². The average Bonchev–Trinajstić information content (AvgIpc) is 2.94. The topological polar surface area (TPSA) is 85.0 Å². The van der Waals surface area contributed by atoms with E-state index in [9.17, 15) is 14.9 Å². The van der Waals surface area contributed by atoms with Crippen molar-refractivity contribution in [1.82, 2.24) is 9.55 Å². The van der Waals surface area contributed by atoms with E-state index in [1.54, 1.807) is 25.1 Å². The predicted molar refractivity (Wildman–Crippen MR) is 90.2 cm³/mol. The maximum Gasteiger partial charge on any atom is 0.348 e. The van der Waals surface area contributed by atoms with E-state index in [2.05, 4.69) is 11.1 Å². The molecule has 0 saturated heterocycles. The van der Waals surface area contributed by atoms with Gasteiger partial charge in [0.15, 0.2) is 0 Å². The molecule has 0 bridgehead atoms. The molecular formula is C17H13N3O3S. The lowest BCUT2D eigenvalue weighted by molar-refractivity contribution is 0.0605. The molecule has 3 aromatic rings. The predicted octanol–water partition coefficient (Wildman–Crippen LogP) is 2.47. The van der Waals surface area contributed by atoms with Crippen LogP contribution in [0, 0.1) is 18.3 Å². The summed E-state index contributed by atoms with van der Waals surface area (Å²) in [4.78, 5) is 29.7. The summed E-state index contributed by atoms with van der Waals surface area (Å²) >= 11 is 1.14. The first-order valence-corrected chi connectivity index (χ1v) is 7.93. The minimum atomic E-state index is -0.476. The number of rotatable bonds is 3. The summed E-state index contributed by atoms with van der Waals surface area (Å²) in [5.74, 6) is -0.476. The molecule has 120 valence electrons. The number of hydrogen-bond donors (Lipinski definition) is 0. The van der Waals surface area contributed by atoms with Gasteiger partial charge in [-0.15, -0.1) is 11.3 Å². The summed E-state index contributed by atoms with van der Waals surface area (Å²) in [6, 6.07) is 9.22. The van der Waals surface area contributed by atoms with Crippen LogP contribution in [0.25, 0.3) is 10.2 Å². The number of carbonyl (C=O) groups excluding carboxylic acids is 1. The van der Waals surface area contributed by atoms with Crippen molar-refractivity contribution in [3.63, 3.8) is 0 Å². The van der Waals surface area contributed by atoms with Gasteiger partial charge >= 0.3 is 5.97 Å². The Bertz CT molecular complexity index is 1040. The lowest BCUT2D eigenvalue weighted by atomic mass is 10.1. The Labute approximate surface area is 141 Å². The molecule has 24 heavy (non-hydrogen) atoms. The van der Waals surface area contributed by atoms with Crippen LogP contribution in [0.4, 0.5) is 0 Å². The second kappa shape index (κ2) is 6.26. The fourth-order valence-corrected chi connectivity index (χ4v) is 3.57. The molecular weight excluding hydrogens is 326 g/mol. The molecule has 3 rings (SSSR count). The zero-order valence-corrected chi connectivity index (χ0v) is 13.9. The molecule has 0 radical (unpaired) electrons. The molecule has 0 unspecified atom stereocenters. The Balaban J connectivity index is 2.13. The minimum absolute atomic E-state index is 0.239. The molecule has 0 amide bonds. The number of nitrogens with zero attached hydrogens (tertiary/aromatic N) is 3. The maximum atomic E-state index is 12.8. The number of aryl methyl sites for hydroxylation is 1. The van der Waals surface area contributed by atoms with Crippen LogP contribution in [-0.2, 0) is 11.3 Å². The quantitative estimate of drug-likeness (QED) is 0.684. The molecule has 1 aromatic carbocycles. The Kier molecular flexibility index (Phi) is 4.15. The largest absolute Gasteiger partial charge is 0.465 e. The number of nitriles is 1. The van der Waals surface area contributed by atoms with E-state index in [1.165, 1.54) is 18.0 Å². The zero-order valence-electron chi connectivity index (χ0n) is 13.1. The van der Waals surface area contributed by atoms with E-state index < -0.39 is 5.97 Å². The number of aromatic nitrogens is 2. The molecule has 0 saturated carbocycles. The number of ether oxygens (including phenoxy) is 1. The van der Waals surface area contributed by atoms with Crippen molar-refractivity contribution in [2.45, 2.75) is 13.5 Å². The van der Waals surface area contributed by atoms with Crippen LogP contribution in [0.1, 0.15) is 26.4 Å². The number of fused-ring (bicyclic) bond motifs is 1. The summed E-state index contributed by atoms with van der Waals surface area (Å²) in [6.07, 6.45) is 1.44. The average molecular weight is 339 g/mol. The molecule has 0 atom stereocenters. The third-order valence-electron chi connectivity index (χ3n) is 3.77. The van der Waals surface area contributed by atoms with Crippen LogP contribution in [0.2, 0.25) is 0 Å². The normalized spacial score (nSPS) is 10.5. The van der Waals surface area contributed by atoms with Crippen molar-refractivity contribution in [3.8, 4) is 6.07 Å². The second-order valence-corrected chi connectivity index (χ2v) is 6.17. The SMILES string of the molecule is COC(=O)c1sc2ncn(Cc3ccccc3C#N)c(=O)c2c1C. The fraction of sp³-hybridized carbons (Fsp3) is 0.176. The monoisotopic (exact) mass is 339 g/mol. The lowest BCUT2D eigenvalue weighted by Gasteiger charge is -2.07. The summed E-state index contributed by atoms with van der Waals surface area (Å²) in [6.45, 7) is 1.95.